The van der Waals surface area contributed by atoms with Crippen LogP contribution in [0.25, 0.3) is 11.0 Å². The van der Waals surface area contributed by atoms with Crippen molar-refractivity contribution in [2.24, 2.45) is 0 Å². The van der Waals surface area contributed by atoms with Crippen molar-refractivity contribution < 1.29 is 14.3 Å². The summed E-state index contributed by atoms with van der Waals surface area (Å²) in [6, 6.07) is 15.2. The van der Waals surface area contributed by atoms with Crippen molar-refractivity contribution in [1.29, 1.82) is 0 Å². The molecule has 2 aromatic carbocycles. The molecule has 0 radical (unpaired) electrons. The number of para-hydroxylation sites is 4. The maximum absolute atomic E-state index is 12.0. The molecule has 146 valence electrons. The Hall–Kier alpha value is -3.28. The first-order chi connectivity index (χ1) is 13.5. The van der Waals surface area contributed by atoms with Crippen molar-refractivity contribution in [3.63, 3.8) is 0 Å². The van der Waals surface area contributed by atoms with Gasteiger partial charge >= 0.3 is 0 Å². The van der Waals surface area contributed by atoms with Crippen LogP contribution in [0.4, 0.5) is 0 Å². The first kappa shape index (κ1) is 19.5. The van der Waals surface area contributed by atoms with Crippen LogP contribution in [0, 0.1) is 0 Å². The van der Waals surface area contributed by atoms with Crippen molar-refractivity contribution in [3.05, 3.63) is 66.5 Å². The minimum Gasteiger partial charge on any atom is -0.493 e. The molecule has 1 amide bonds. The summed E-state index contributed by atoms with van der Waals surface area (Å²) in [5, 5.41) is 2.94. The second kappa shape index (κ2) is 8.61. The number of hydrogen-bond donors (Lipinski definition) is 1. The molecule has 0 fully saturated rings. The quantitative estimate of drug-likeness (QED) is 0.603. The summed E-state index contributed by atoms with van der Waals surface area (Å²) in [6.45, 7) is 8.32. The number of ether oxygens (including phenoxy) is 2. The predicted octanol–water partition coefficient (Wildman–Crippen LogP) is 3.88. The zero-order valence-electron chi connectivity index (χ0n) is 16.4. The SMILES string of the molecule is C=C(C)C(=O)NC(C)c1nc2ccccc2n1CCOc1ccccc1OC. The summed E-state index contributed by atoms with van der Waals surface area (Å²) in [6.07, 6.45) is 0. The van der Waals surface area contributed by atoms with Crippen LogP contribution in [-0.2, 0) is 11.3 Å². The number of methoxy groups -OCH3 is 1. The molecule has 1 heterocycles. The Kier molecular flexibility index (Phi) is 5.99. The minimum absolute atomic E-state index is 0.184. The van der Waals surface area contributed by atoms with E-state index in [1.54, 1.807) is 14.0 Å². The van der Waals surface area contributed by atoms with Crippen LogP contribution in [0.5, 0.6) is 11.5 Å². The van der Waals surface area contributed by atoms with E-state index in [0.29, 0.717) is 30.2 Å². The van der Waals surface area contributed by atoms with Gasteiger partial charge in [-0.3, -0.25) is 4.79 Å². The van der Waals surface area contributed by atoms with Gasteiger partial charge in [-0.1, -0.05) is 30.8 Å². The van der Waals surface area contributed by atoms with Crippen LogP contribution in [-0.4, -0.2) is 29.2 Å². The number of carbonyl (C=O) groups excluding carboxylic acids is 1. The van der Waals surface area contributed by atoms with Crippen LogP contribution in [0.2, 0.25) is 0 Å². The zero-order chi connectivity index (χ0) is 20.1. The number of nitrogens with one attached hydrogen (secondary N) is 1. The molecule has 6 heteroatoms. The highest BCUT2D eigenvalue weighted by Gasteiger charge is 2.18. The fourth-order valence-electron chi connectivity index (χ4n) is 3.03. The van der Waals surface area contributed by atoms with Crippen molar-refractivity contribution in [2.45, 2.75) is 26.4 Å². The van der Waals surface area contributed by atoms with Gasteiger partial charge in [0.15, 0.2) is 11.5 Å². The van der Waals surface area contributed by atoms with Gasteiger partial charge in [0.2, 0.25) is 5.91 Å². The molecule has 0 saturated heterocycles. The zero-order valence-corrected chi connectivity index (χ0v) is 16.4. The number of carbonyl (C=O) groups is 1. The average molecular weight is 379 g/mol. The highest BCUT2D eigenvalue weighted by Crippen LogP contribution is 2.26. The lowest BCUT2D eigenvalue weighted by Gasteiger charge is -2.17. The topological polar surface area (TPSA) is 65.4 Å². The van der Waals surface area contributed by atoms with Crippen LogP contribution in [0.1, 0.15) is 25.7 Å². The lowest BCUT2D eigenvalue weighted by molar-refractivity contribution is -0.118. The van der Waals surface area contributed by atoms with Crippen LogP contribution in [0.15, 0.2) is 60.7 Å². The third-order valence-electron chi connectivity index (χ3n) is 4.45. The molecule has 1 N–H and O–H groups in total. The fraction of sp³-hybridized carbons (Fsp3) is 0.273. The van der Waals surface area contributed by atoms with Gasteiger partial charge in [0.1, 0.15) is 12.4 Å². The summed E-state index contributed by atoms with van der Waals surface area (Å²) in [5.74, 6) is 1.98. The van der Waals surface area contributed by atoms with Crippen molar-refractivity contribution in [3.8, 4) is 11.5 Å². The van der Waals surface area contributed by atoms with Gasteiger partial charge in [-0.05, 0) is 38.1 Å². The second-order valence-corrected chi connectivity index (χ2v) is 6.59. The third kappa shape index (κ3) is 4.17. The van der Waals surface area contributed by atoms with Crippen LogP contribution in [0.3, 0.4) is 0 Å². The van der Waals surface area contributed by atoms with Crippen LogP contribution >= 0.6 is 0 Å². The van der Waals surface area contributed by atoms with E-state index in [4.69, 9.17) is 14.5 Å². The Balaban J connectivity index is 1.82. The molecule has 0 aliphatic rings. The number of amides is 1. The molecule has 6 nitrogen and oxygen atoms in total. The van der Waals surface area contributed by atoms with Gasteiger partial charge in [-0.25, -0.2) is 4.98 Å². The normalized spacial score (nSPS) is 11.8. The number of benzene rings is 2. The minimum atomic E-state index is -0.261. The summed E-state index contributed by atoms with van der Waals surface area (Å²) in [4.78, 5) is 16.8. The third-order valence-corrected chi connectivity index (χ3v) is 4.45. The number of rotatable bonds is 8. The highest BCUT2D eigenvalue weighted by atomic mass is 16.5. The maximum Gasteiger partial charge on any atom is 0.246 e. The monoisotopic (exact) mass is 379 g/mol. The van der Waals surface area contributed by atoms with E-state index in [1.165, 1.54) is 0 Å². The standard InChI is InChI=1S/C22H25N3O3/c1-15(2)22(26)23-16(3)21-24-17-9-5-6-10-18(17)25(21)13-14-28-20-12-8-7-11-19(20)27-4/h5-12,16H,1,13-14H2,2-4H3,(H,23,26). The molecule has 0 aliphatic heterocycles. The summed E-state index contributed by atoms with van der Waals surface area (Å²) in [7, 11) is 1.62. The van der Waals surface area contributed by atoms with Crippen molar-refractivity contribution in [1.82, 2.24) is 14.9 Å². The Bertz CT molecular complexity index is 994. The van der Waals surface area contributed by atoms with Crippen molar-refractivity contribution in [2.75, 3.05) is 13.7 Å². The first-order valence-electron chi connectivity index (χ1n) is 9.18. The molecule has 0 saturated carbocycles. The van der Waals surface area contributed by atoms with Gasteiger partial charge < -0.3 is 19.4 Å². The molecular formula is C22H25N3O3. The molecule has 28 heavy (non-hydrogen) atoms. The Morgan fingerprint density at radius 1 is 1.18 bits per heavy atom. The van der Waals surface area contributed by atoms with Gasteiger partial charge in [-0.15, -0.1) is 0 Å². The number of aromatic nitrogens is 2. The Morgan fingerprint density at radius 2 is 1.86 bits per heavy atom. The van der Waals surface area contributed by atoms with Gasteiger partial charge in [0, 0.05) is 5.57 Å². The first-order valence-corrected chi connectivity index (χ1v) is 9.18. The molecule has 3 rings (SSSR count). The van der Waals surface area contributed by atoms with E-state index in [-0.39, 0.29) is 11.9 Å². The largest absolute Gasteiger partial charge is 0.493 e. The van der Waals surface area contributed by atoms with E-state index in [0.717, 1.165) is 16.9 Å². The molecule has 1 unspecified atom stereocenters. The number of imidazole rings is 1. The smallest absolute Gasteiger partial charge is 0.246 e. The van der Waals surface area contributed by atoms with E-state index < -0.39 is 0 Å². The molecule has 3 aromatic rings. The molecule has 0 aliphatic carbocycles. The van der Waals surface area contributed by atoms with E-state index in [9.17, 15) is 4.79 Å². The summed E-state index contributed by atoms with van der Waals surface area (Å²) >= 11 is 0. The summed E-state index contributed by atoms with van der Waals surface area (Å²) < 4.78 is 13.3. The number of fused-ring (bicyclic) bond motifs is 1. The molecule has 0 bridgehead atoms. The van der Waals surface area contributed by atoms with Gasteiger partial charge in [0.05, 0.1) is 30.7 Å². The summed E-state index contributed by atoms with van der Waals surface area (Å²) in [5.41, 5.74) is 2.35. The van der Waals surface area contributed by atoms with Crippen molar-refractivity contribution >= 4 is 16.9 Å². The van der Waals surface area contributed by atoms with Gasteiger partial charge in [-0.2, -0.15) is 0 Å². The lowest BCUT2D eigenvalue weighted by Crippen LogP contribution is -2.29. The molecule has 1 aromatic heterocycles. The Morgan fingerprint density at radius 3 is 2.57 bits per heavy atom. The molecular weight excluding hydrogens is 354 g/mol. The molecule has 1 atom stereocenters. The lowest BCUT2D eigenvalue weighted by atomic mass is 10.2. The maximum atomic E-state index is 12.0. The Labute approximate surface area is 164 Å². The average Bonchev–Trinajstić information content (AvgIpc) is 3.07. The fourth-order valence-corrected chi connectivity index (χ4v) is 3.03. The number of hydrogen-bond acceptors (Lipinski definition) is 4. The van der Waals surface area contributed by atoms with E-state index in [2.05, 4.69) is 16.5 Å². The highest BCUT2D eigenvalue weighted by molar-refractivity contribution is 5.92. The second-order valence-electron chi connectivity index (χ2n) is 6.59. The predicted molar refractivity (Wildman–Crippen MR) is 110 cm³/mol. The van der Waals surface area contributed by atoms with E-state index >= 15 is 0 Å². The van der Waals surface area contributed by atoms with Gasteiger partial charge in [0.25, 0.3) is 0 Å². The van der Waals surface area contributed by atoms with E-state index in [1.807, 2.05) is 55.5 Å². The molecule has 0 spiro atoms. The van der Waals surface area contributed by atoms with Crippen LogP contribution < -0.4 is 14.8 Å². The number of nitrogens with zero attached hydrogens (tertiary/aromatic N) is 2.